The van der Waals surface area contributed by atoms with Crippen LogP contribution in [-0.4, -0.2) is 64.9 Å². The minimum Gasteiger partial charge on any atom is -0.314 e. The molecule has 0 aromatic carbocycles. The largest absolute Gasteiger partial charge is 0.314 e. The smallest absolute Gasteiger partial charge is 0.0831 e. The van der Waals surface area contributed by atoms with Gasteiger partial charge in [-0.3, -0.25) is 14.5 Å². The van der Waals surface area contributed by atoms with Gasteiger partial charge in [0.25, 0.3) is 0 Å². The number of piperazine rings is 1. The van der Waals surface area contributed by atoms with Gasteiger partial charge in [-0.05, 0) is 6.42 Å². The van der Waals surface area contributed by atoms with E-state index in [-0.39, 0.29) is 0 Å². The highest BCUT2D eigenvalue weighted by molar-refractivity contribution is 6.31. The lowest BCUT2D eigenvalue weighted by Crippen LogP contribution is -2.49. The Bertz CT molecular complexity index is 407. The summed E-state index contributed by atoms with van der Waals surface area (Å²) < 4.78 is 1.89. The van der Waals surface area contributed by atoms with Crippen LogP contribution in [0.4, 0.5) is 0 Å². The van der Waals surface area contributed by atoms with Crippen molar-refractivity contribution in [3.05, 3.63) is 16.9 Å². The van der Waals surface area contributed by atoms with Gasteiger partial charge in [-0.25, -0.2) is 0 Å². The van der Waals surface area contributed by atoms with Crippen LogP contribution < -0.4 is 5.32 Å². The number of nitrogens with one attached hydrogen (secondary N) is 1. The van der Waals surface area contributed by atoms with Crippen LogP contribution in [0.25, 0.3) is 0 Å². The van der Waals surface area contributed by atoms with Crippen molar-refractivity contribution >= 4 is 11.6 Å². The van der Waals surface area contributed by atoms with Gasteiger partial charge < -0.3 is 5.32 Å². The Morgan fingerprint density at radius 1 is 1.37 bits per heavy atom. The average Bonchev–Trinajstić information content (AvgIpc) is 3.02. The fourth-order valence-electron chi connectivity index (χ4n) is 3.13. The Labute approximate surface area is 119 Å². The quantitative estimate of drug-likeness (QED) is 0.879. The van der Waals surface area contributed by atoms with Crippen molar-refractivity contribution in [3.8, 4) is 0 Å². The van der Waals surface area contributed by atoms with Crippen molar-refractivity contribution in [1.29, 1.82) is 0 Å². The second kappa shape index (κ2) is 5.79. The summed E-state index contributed by atoms with van der Waals surface area (Å²) in [4.78, 5) is 5.12. The minimum atomic E-state index is 0.717. The lowest BCUT2D eigenvalue weighted by atomic mass is 10.2. The number of hydrogen-bond acceptors (Lipinski definition) is 4. The normalized spacial score (nSPS) is 26.1. The van der Waals surface area contributed by atoms with Crippen molar-refractivity contribution in [1.82, 2.24) is 24.9 Å². The topological polar surface area (TPSA) is 36.3 Å². The zero-order chi connectivity index (χ0) is 13.2. The fourth-order valence-corrected chi connectivity index (χ4v) is 3.35. The Morgan fingerprint density at radius 3 is 2.84 bits per heavy atom. The molecule has 0 bridgehead atoms. The summed E-state index contributed by atoms with van der Waals surface area (Å²) in [6, 6.07) is 0.717. The third-order valence-corrected chi connectivity index (χ3v) is 4.62. The van der Waals surface area contributed by atoms with Gasteiger partial charge in [0.05, 0.1) is 16.9 Å². The lowest BCUT2D eigenvalue weighted by Gasteiger charge is -2.32. The number of likely N-dealkylation sites (tertiary alicyclic amines) is 1. The number of aryl methyl sites for hydroxylation is 1. The van der Waals surface area contributed by atoms with E-state index in [9.17, 15) is 0 Å². The molecule has 1 aromatic rings. The molecule has 1 atom stereocenters. The number of rotatable bonds is 3. The first-order valence-corrected chi connectivity index (χ1v) is 7.45. The van der Waals surface area contributed by atoms with Gasteiger partial charge in [-0.15, -0.1) is 0 Å². The van der Waals surface area contributed by atoms with Crippen molar-refractivity contribution < 1.29 is 0 Å². The van der Waals surface area contributed by atoms with Gasteiger partial charge in [-0.2, -0.15) is 5.10 Å². The van der Waals surface area contributed by atoms with Gasteiger partial charge >= 0.3 is 0 Å². The molecular weight excluding hydrogens is 262 g/mol. The fraction of sp³-hybridized carbons (Fsp3) is 0.769. The van der Waals surface area contributed by atoms with Crippen molar-refractivity contribution in [2.75, 3.05) is 39.3 Å². The van der Waals surface area contributed by atoms with E-state index in [0.717, 1.165) is 43.4 Å². The maximum absolute atomic E-state index is 6.18. The summed E-state index contributed by atoms with van der Waals surface area (Å²) in [6.45, 7) is 7.86. The highest BCUT2D eigenvalue weighted by Gasteiger charge is 2.29. The predicted molar refractivity (Wildman–Crippen MR) is 76.3 cm³/mol. The van der Waals surface area contributed by atoms with E-state index in [1.54, 1.807) is 6.20 Å². The van der Waals surface area contributed by atoms with E-state index >= 15 is 0 Å². The number of hydrogen-bond donors (Lipinski definition) is 1. The van der Waals surface area contributed by atoms with Gasteiger partial charge in [0.1, 0.15) is 0 Å². The van der Waals surface area contributed by atoms with E-state index in [0.29, 0.717) is 6.04 Å². The molecule has 0 aliphatic carbocycles. The molecule has 106 valence electrons. The second-order valence-corrected chi connectivity index (χ2v) is 5.93. The van der Waals surface area contributed by atoms with Gasteiger partial charge in [0, 0.05) is 58.9 Å². The second-order valence-electron chi connectivity index (χ2n) is 5.53. The van der Waals surface area contributed by atoms with Crippen LogP contribution >= 0.6 is 11.6 Å². The predicted octanol–water partition coefficient (Wildman–Crippen LogP) is 0.553. The molecule has 2 aliphatic rings. The number of halogens is 1. The number of aromatic nitrogens is 2. The molecule has 2 aliphatic heterocycles. The molecule has 0 amide bonds. The van der Waals surface area contributed by atoms with Gasteiger partial charge in [-0.1, -0.05) is 11.6 Å². The van der Waals surface area contributed by atoms with Crippen molar-refractivity contribution in [2.24, 2.45) is 7.05 Å². The lowest BCUT2D eigenvalue weighted by molar-refractivity contribution is 0.170. The summed E-state index contributed by atoms with van der Waals surface area (Å²) in [5.41, 5.74) is 1.13. The standard InChI is InChI=1S/C13H22ClN5/c1-17-13(12(14)8-16-17)10-18-5-2-11(9-18)19-6-3-15-4-7-19/h8,11,15H,2-7,9-10H2,1H3. The summed E-state index contributed by atoms with van der Waals surface area (Å²) in [7, 11) is 1.96. The van der Waals surface area contributed by atoms with E-state index in [4.69, 9.17) is 11.6 Å². The zero-order valence-corrected chi connectivity index (χ0v) is 12.2. The first kappa shape index (κ1) is 13.4. The van der Waals surface area contributed by atoms with Gasteiger partial charge in [0.2, 0.25) is 0 Å². The molecule has 1 aromatic heterocycles. The summed E-state index contributed by atoms with van der Waals surface area (Å²) in [6.07, 6.45) is 3.01. The molecule has 19 heavy (non-hydrogen) atoms. The molecule has 3 rings (SSSR count). The van der Waals surface area contributed by atoms with Crippen LogP contribution in [0.5, 0.6) is 0 Å². The molecule has 5 nitrogen and oxygen atoms in total. The van der Waals surface area contributed by atoms with E-state index in [2.05, 4.69) is 20.2 Å². The molecule has 0 saturated carbocycles. The molecule has 0 spiro atoms. The van der Waals surface area contributed by atoms with Crippen LogP contribution in [0.1, 0.15) is 12.1 Å². The van der Waals surface area contributed by atoms with Crippen LogP contribution in [0.3, 0.4) is 0 Å². The number of nitrogens with zero attached hydrogens (tertiary/aromatic N) is 4. The molecule has 6 heteroatoms. The summed E-state index contributed by atoms with van der Waals surface area (Å²) in [5, 5.41) is 8.41. The van der Waals surface area contributed by atoms with Crippen molar-refractivity contribution in [2.45, 2.75) is 19.0 Å². The van der Waals surface area contributed by atoms with Crippen LogP contribution in [0, 0.1) is 0 Å². The highest BCUT2D eigenvalue weighted by Crippen LogP contribution is 2.21. The van der Waals surface area contributed by atoms with Crippen LogP contribution in [0.15, 0.2) is 6.20 Å². The maximum Gasteiger partial charge on any atom is 0.0831 e. The van der Waals surface area contributed by atoms with Gasteiger partial charge in [0.15, 0.2) is 0 Å². The average molecular weight is 284 g/mol. The summed E-state index contributed by atoms with van der Waals surface area (Å²) in [5.74, 6) is 0. The molecule has 2 saturated heterocycles. The van der Waals surface area contributed by atoms with Crippen LogP contribution in [-0.2, 0) is 13.6 Å². The first-order chi connectivity index (χ1) is 9.24. The van der Waals surface area contributed by atoms with E-state index in [1.807, 2.05) is 11.7 Å². The SMILES string of the molecule is Cn1ncc(Cl)c1CN1CCC(N2CCNCC2)C1. The Kier molecular flexibility index (Phi) is 4.07. The maximum atomic E-state index is 6.18. The molecule has 3 heterocycles. The highest BCUT2D eigenvalue weighted by atomic mass is 35.5. The van der Waals surface area contributed by atoms with E-state index in [1.165, 1.54) is 19.5 Å². The molecular formula is C13H22ClN5. The van der Waals surface area contributed by atoms with E-state index < -0.39 is 0 Å². The Morgan fingerprint density at radius 2 is 2.16 bits per heavy atom. The third kappa shape index (κ3) is 2.94. The minimum absolute atomic E-state index is 0.717. The third-order valence-electron chi connectivity index (χ3n) is 4.30. The molecule has 0 radical (unpaired) electrons. The zero-order valence-electron chi connectivity index (χ0n) is 11.5. The first-order valence-electron chi connectivity index (χ1n) is 7.07. The van der Waals surface area contributed by atoms with Crippen molar-refractivity contribution in [3.63, 3.8) is 0 Å². The Hall–Kier alpha value is -0.620. The van der Waals surface area contributed by atoms with Crippen LogP contribution in [0.2, 0.25) is 5.02 Å². The molecule has 1 unspecified atom stereocenters. The molecule has 1 N–H and O–H groups in total. The Balaban J connectivity index is 1.57. The molecule has 2 fully saturated rings. The summed E-state index contributed by atoms with van der Waals surface area (Å²) >= 11 is 6.18. The monoisotopic (exact) mass is 283 g/mol.